The van der Waals surface area contributed by atoms with Gasteiger partial charge in [0.1, 0.15) is 0 Å². The van der Waals surface area contributed by atoms with E-state index in [-0.39, 0.29) is 0 Å². The van der Waals surface area contributed by atoms with Crippen LogP contribution in [0.2, 0.25) is 0 Å². The van der Waals surface area contributed by atoms with E-state index in [0.717, 1.165) is 12.8 Å². The van der Waals surface area contributed by atoms with Gasteiger partial charge in [0, 0.05) is 11.5 Å². The van der Waals surface area contributed by atoms with Crippen LogP contribution >= 0.6 is 0 Å². The molecule has 1 aromatic rings. The standard InChI is InChI=1S/C11H15N3/c1-10(6-5-9-13-14-12)11-7-3-2-4-8-11/h2-4,7-8,10H,5-6,9H2,1H3/t10-/m0/s1. The van der Waals surface area contributed by atoms with E-state index in [2.05, 4.69) is 41.2 Å². The maximum atomic E-state index is 8.11. The summed E-state index contributed by atoms with van der Waals surface area (Å²) in [7, 11) is 0. The highest BCUT2D eigenvalue weighted by Gasteiger charge is 2.02. The molecular formula is C11H15N3. The van der Waals surface area contributed by atoms with Crippen LogP contribution in [0.3, 0.4) is 0 Å². The number of nitrogens with zero attached hydrogens (tertiary/aromatic N) is 3. The summed E-state index contributed by atoms with van der Waals surface area (Å²) in [5.74, 6) is 0.546. The van der Waals surface area contributed by atoms with E-state index < -0.39 is 0 Å². The van der Waals surface area contributed by atoms with Gasteiger partial charge in [-0.05, 0) is 29.9 Å². The first kappa shape index (κ1) is 10.6. The normalized spacial score (nSPS) is 11.8. The van der Waals surface area contributed by atoms with Crippen molar-refractivity contribution in [1.82, 2.24) is 0 Å². The van der Waals surface area contributed by atoms with Gasteiger partial charge in [-0.2, -0.15) is 0 Å². The summed E-state index contributed by atoms with van der Waals surface area (Å²) in [5, 5.41) is 3.52. The molecule has 0 spiro atoms. The molecule has 1 rings (SSSR count). The predicted octanol–water partition coefficient (Wildman–Crippen LogP) is 3.88. The zero-order chi connectivity index (χ0) is 10.2. The Labute approximate surface area is 84.4 Å². The fraction of sp³-hybridized carbons (Fsp3) is 0.455. The maximum Gasteiger partial charge on any atom is 0.0258 e. The van der Waals surface area contributed by atoms with E-state index in [1.165, 1.54) is 5.56 Å². The second-order valence-corrected chi connectivity index (χ2v) is 3.41. The second-order valence-electron chi connectivity index (χ2n) is 3.41. The fourth-order valence-electron chi connectivity index (χ4n) is 1.46. The van der Waals surface area contributed by atoms with Crippen LogP contribution in [0.5, 0.6) is 0 Å². The molecule has 14 heavy (non-hydrogen) atoms. The van der Waals surface area contributed by atoms with Gasteiger partial charge in [0.05, 0.1) is 0 Å². The van der Waals surface area contributed by atoms with E-state index in [9.17, 15) is 0 Å². The summed E-state index contributed by atoms with van der Waals surface area (Å²) in [6.07, 6.45) is 2.03. The van der Waals surface area contributed by atoms with E-state index >= 15 is 0 Å². The van der Waals surface area contributed by atoms with Gasteiger partial charge in [-0.25, -0.2) is 0 Å². The third-order valence-electron chi connectivity index (χ3n) is 2.33. The second kappa shape index (κ2) is 6.06. The molecule has 1 aromatic carbocycles. The lowest BCUT2D eigenvalue weighted by Crippen LogP contribution is -1.94. The number of hydrogen-bond donors (Lipinski definition) is 0. The van der Waals surface area contributed by atoms with Crippen LogP contribution in [0.4, 0.5) is 0 Å². The van der Waals surface area contributed by atoms with Crippen LogP contribution in [0.1, 0.15) is 31.2 Å². The van der Waals surface area contributed by atoms with Crippen LogP contribution < -0.4 is 0 Å². The summed E-state index contributed by atoms with van der Waals surface area (Å²) < 4.78 is 0. The molecule has 74 valence electrons. The number of hydrogen-bond acceptors (Lipinski definition) is 1. The van der Waals surface area contributed by atoms with Crippen molar-refractivity contribution in [2.45, 2.75) is 25.7 Å². The zero-order valence-corrected chi connectivity index (χ0v) is 8.43. The van der Waals surface area contributed by atoms with Crippen molar-refractivity contribution in [1.29, 1.82) is 0 Å². The molecule has 0 aliphatic carbocycles. The summed E-state index contributed by atoms with van der Waals surface area (Å²) >= 11 is 0. The van der Waals surface area contributed by atoms with Crippen LogP contribution in [0.15, 0.2) is 35.4 Å². The smallest absolute Gasteiger partial charge is 0.0258 e. The van der Waals surface area contributed by atoms with Crippen molar-refractivity contribution in [2.75, 3.05) is 6.54 Å². The fourth-order valence-corrected chi connectivity index (χ4v) is 1.46. The first-order valence-corrected chi connectivity index (χ1v) is 4.90. The third-order valence-corrected chi connectivity index (χ3v) is 2.33. The van der Waals surface area contributed by atoms with Crippen LogP contribution in [0, 0.1) is 0 Å². The molecule has 0 saturated carbocycles. The van der Waals surface area contributed by atoms with Gasteiger partial charge >= 0.3 is 0 Å². The predicted molar refractivity (Wildman–Crippen MR) is 58.1 cm³/mol. The lowest BCUT2D eigenvalue weighted by molar-refractivity contribution is 0.640. The molecule has 0 radical (unpaired) electrons. The molecule has 0 aliphatic heterocycles. The Bertz CT molecular complexity index is 302. The molecule has 0 aromatic heterocycles. The Morgan fingerprint density at radius 2 is 2.07 bits per heavy atom. The molecule has 3 nitrogen and oxygen atoms in total. The monoisotopic (exact) mass is 189 g/mol. The van der Waals surface area contributed by atoms with Gasteiger partial charge in [0.25, 0.3) is 0 Å². The summed E-state index contributed by atoms with van der Waals surface area (Å²) in [6, 6.07) is 10.4. The molecule has 0 unspecified atom stereocenters. The van der Waals surface area contributed by atoms with Gasteiger partial charge in [-0.1, -0.05) is 42.4 Å². The zero-order valence-electron chi connectivity index (χ0n) is 8.43. The minimum Gasteiger partial charge on any atom is -0.0940 e. The highest BCUT2D eigenvalue weighted by molar-refractivity contribution is 5.18. The Morgan fingerprint density at radius 3 is 2.71 bits per heavy atom. The van der Waals surface area contributed by atoms with Gasteiger partial charge in [0.2, 0.25) is 0 Å². The average molecular weight is 189 g/mol. The summed E-state index contributed by atoms with van der Waals surface area (Å²) in [6.45, 7) is 2.80. The molecule has 0 saturated heterocycles. The van der Waals surface area contributed by atoms with Crippen LogP contribution in [-0.2, 0) is 0 Å². The van der Waals surface area contributed by atoms with Gasteiger partial charge in [-0.15, -0.1) is 0 Å². The van der Waals surface area contributed by atoms with E-state index in [1.54, 1.807) is 0 Å². The van der Waals surface area contributed by atoms with Gasteiger partial charge in [0.15, 0.2) is 0 Å². The highest BCUT2D eigenvalue weighted by Crippen LogP contribution is 2.19. The summed E-state index contributed by atoms with van der Waals surface area (Å²) in [4.78, 5) is 2.73. The SMILES string of the molecule is C[C@@H](CCCN=[N+]=[N-])c1ccccc1. The Hall–Kier alpha value is -1.47. The molecular weight excluding hydrogens is 174 g/mol. The topological polar surface area (TPSA) is 48.8 Å². The summed E-state index contributed by atoms with van der Waals surface area (Å²) in [5.41, 5.74) is 9.46. The molecule has 0 amide bonds. The first-order valence-electron chi connectivity index (χ1n) is 4.90. The number of benzene rings is 1. The highest BCUT2D eigenvalue weighted by atomic mass is 15.1. The Balaban J connectivity index is 2.35. The van der Waals surface area contributed by atoms with Crippen molar-refractivity contribution < 1.29 is 0 Å². The van der Waals surface area contributed by atoms with Crippen LogP contribution in [0.25, 0.3) is 10.4 Å². The quantitative estimate of drug-likeness (QED) is 0.292. The number of rotatable bonds is 5. The molecule has 0 aliphatic rings. The Morgan fingerprint density at radius 1 is 1.36 bits per heavy atom. The molecule has 0 fully saturated rings. The minimum atomic E-state index is 0.546. The first-order chi connectivity index (χ1) is 6.84. The maximum absolute atomic E-state index is 8.11. The van der Waals surface area contributed by atoms with Crippen molar-refractivity contribution in [3.63, 3.8) is 0 Å². The van der Waals surface area contributed by atoms with Crippen molar-refractivity contribution >= 4 is 0 Å². The van der Waals surface area contributed by atoms with Gasteiger partial charge < -0.3 is 0 Å². The molecule has 1 atom stereocenters. The van der Waals surface area contributed by atoms with Crippen molar-refractivity contribution in [3.8, 4) is 0 Å². The number of azide groups is 1. The average Bonchev–Trinajstić information content (AvgIpc) is 2.25. The van der Waals surface area contributed by atoms with Crippen molar-refractivity contribution in [3.05, 3.63) is 46.3 Å². The van der Waals surface area contributed by atoms with E-state index in [4.69, 9.17) is 5.53 Å². The largest absolute Gasteiger partial charge is 0.0940 e. The lowest BCUT2D eigenvalue weighted by Gasteiger charge is -2.10. The molecule has 0 heterocycles. The molecule has 0 bridgehead atoms. The Kier molecular flexibility index (Phi) is 4.59. The lowest BCUT2D eigenvalue weighted by atomic mass is 9.96. The van der Waals surface area contributed by atoms with E-state index in [0.29, 0.717) is 12.5 Å². The van der Waals surface area contributed by atoms with E-state index in [1.807, 2.05) is 6.07 Å². The van der Waals surface area contributed by atoms with Crippen molar-refractivity contribution in [2.24, 2.45) is 5.11 Å². The van der Waals surface area contributed by atoms with Crippen LogP contribution in [-0.4, -0.2) is 6.54 Å². The van der Waals surface area contributed by atoms with Gasteiger partial charge in [-0.3, -0.25) is 0 Å². The molecule has 3 heteroatoms. The minimum absolute atomic E-state index is 0.546. The third kappa shape index (κ3) is 3.50. The molecule has 0 N–H and O–H groups in total.